The number of carbonyl (C=O) groups excluding carboxylic acids is 1. The van der Waals surface area contributed by atoms with Crippen LogP contribution in [0.4, 0.5) is 11.4 Å². The van der Waals surface area contributed by atoms with Crippen LogP contribution >= 0.6 is 0 Å². The van der Waals surface area contributed by atoms with Crippen molar-refractivity contribution in [3.63, 3.8) is 0 Å². The minimum absolute atomic E-state index is 0.102. The monoisotopic (exact) mass is 342 g/mol. The minimum Gasteiger partial charge on any atom is -0.497 e. The van der Waals surface area contributed by atoms with Gasteiger partial charge in [0.2, 0.25) is 5.91 Å². The summed E-state index contributed by atoms with van der Waals surface area (Å²) in [6.45, 7) is 4.14. The number of anilines is 2. The Balaban J connectivity index is 1.96. The van der Waals surface area contributed by atoms with Gasteiger partial charge in [0.15, 0.2) is 0 Å². The Bertz CT molecular complexity index is 731. The van der Waals surface area contributed by atoms with Crippen molar-refractivity contribution in [1.29, 1.82) is 0 Å². The molecule has 0 radical (unpaired) electrons. The van der Waals surface area contributed by atoms with Crippen molar-refractivity contribution in [2.24, 2.45) is 0 Å². The fourth-order valence-corrected chi connectivity index (χ4v) is 2.14. The smallest absolute Gasteiger partial charge is 0.243 e. The standard InChI is InChI=1S/C19H22N2O4/c1-4-10-25-16-7-5-6-14(11-16)20-13-19(22)21-17-12-15(23-2)8-9-18(17)24-3/h4-9,11-12,20H,1,10,13H2,2-3H3,(H,21,22). The van der Waals surface area contributed by atoms with Gasteiger partial charge < -0.3 is 24.8 Å². The zero-order chi connectivity index (χ0) is 18.1. The number of methoxy groups -OCH3 is 2. The van der Waals surface area contributed by atoms with Gasteiger partial charge in [0.25, 0.3) is 0 Å². The number of hydrogen-bond acceptors (Lipinski definition) is 5. The van der Waals surface area contributed by atoms with E-state index in [9.17, 15) is 4.79 Å². The molecule has 0 spiro atoms. The third kappa shape index (κ3) is 5.46. The zero-order valence-electron chi connectivity index (χ0n) is 14.4. The van der Waals surface area contributed by atoms with Crippen LogP contribution in [-0.4, -0.2) is 33.3 Å². The first-order chi connectivity index (χ1) is 12.2. The lowest BCUT2D eigenvalue weighted by Gasteiger charge is -2.13. The summed E-state index contributed by atoms with van der Waals surface area (Å²) in [5.74, 6) is 1.70. The highest BCUT2D eigenvalue weighted by Crippen LogP contribution is 2.28. The molecule has 6 heteroatoms. The van der Waals surface area contributed by atoms with Gasteiger partial charge in [0.05, 0.1) is 26.5 Å². The molecule has 0 aliphatic heterocycles. The molecule has 1 amide bonds. The van der Waals surface area contributed by atoms with Crippen LogP contribution in [0.5, 0.6) is 17.2 Å². The van der Waals surface area contributed by atoms with E-state index >= 15 is 0 Å². The molecular weight excluding hydrogens is 320 g/mol. The summed E-state index contributed by atoms with van der Waals surface area (Å²) >= 11 is 0. The highest BCUT2D eigenvalue weighted by molar-refractivity contribution is 5.95. The van der Waals surface area contributed by atoms with E-state index in [1.165, 1.54) is 0 Å². The first-order valence-corrected chi connectivity index (χ1v) is 7.75. The van der Waals surface area contributed by atoms with Gasteiger partial charge in [-0.1, -0.05) is 18.7 Å². The second-order valence-electron chi connectivity index (χ2n) is 5.10. The Kier molecular flexibility index (Phi) is 6.71. The predicted molar refractivity (Wildman–Crippen MR) is 98.8 cm³/mol. The zero-order valence-corrected chi connectivity index (χ0v) is 14.4. The fourth-order valence-electron chi connectivity index (χ4n) is 2.14. The van der Waals surface area contributed by atoms with Crippen LogP contribution in [0.25, 0.3) is 0 Å². The molecule has 2 aromatic carbocycles. The van der Waals surface area contributed by atoms with Crippen LogP contribution in [0.15, 0.2) is 55.1 Å². The summed E-state index contributed by atoms with van der Waals surface area (Å²) in [5, 5.41) is 5.86. The van der Waals surface area contributed by atoms with Crippen molar-refractivity contribution in [2.75, 3.05) is 38.0 Å². The minimum atomic E-state index is -0.205. The van der Waals surface area contributed by atoms with E-state index in [1.807, 2.05) is 24.3 Å². The number of rotatable bonds is 9. The first kappa shape index (κ1) is 18.2. The molecule has 0 saturated heterocycles. The van der Waals surface area contributed by atoms with Gasteiger partial charge in [-0.25, -0.2) is 0 Å². The number of amides is 1. The van der Waals surface area contributed by atoms with Crippen LogP contribution in [0, 0.1) is 0 Å². The topological polar surface area (TPSA) is 68.8 Å². The van der Waals surface area contributed by atoms with Crippen molar-refractivity contribution in [3.8, 4) is 17.2 Å². The number of ether oxygens (including phenoxy) is 3. The Morgan fingerprint density at radius 1 is 1.12 bits per heavy atom. The molecule has 0 aromatic heterocycles. The van der Waals surface area contributed by atoms with Crippen molar-refractivity contribution < 1.29 is 19.0 Å². The van der Waals surface area contributed by atoms with Gasteiger partial charge in [-0.05, 0) is 24.3 Å². The lowest BCUT2D eigenvalue weighted by Crippen LogP contribution is -2.22. The van der Waals surface area contributed by atoms with Crippen molar-refractivity contribution in [2.45, 2.75) is 0 Å². The molecule has 0 atom stereocenters. The normalized spacial score (nSPS) is 9.84. The largest absolute Gasteiger partial charge is 0.497 e. The second kappa shape index (κ2) is 9.22. The fraction of sp³-hybridized carbons (Fsp3) is 0.211. The Morgan fingerprint density at radius 3 is 2.68 bits per heavy atom. The van der Waals surface area contributed by atoms with E-state index in [4.69, 9.17) is 14.2 Å². The van der Waals surface area contributed by atoms with Gasteiger partial charge in [-0.3, -0.25) is 4.79 Å². The van der Waals surface area contributed by atoms with E-state index in [0.717, 1.165) is 5.69 Å². The molecule has 132 valence electrons. The highest BCUT2D eigenvalue weighted by Gasteiger charge is 2.09. The molecule has 0 fully saturated rings. The molecular formula is C19H22N2O4. The summed E-state index contributed by atoms with van der Waals surface area (Å²) in [5.41, 5.74) is 1.34. The SMILES string of the molecule is C=CCOc1cccc(NCC(=O)Nc2cc(OC)ccc2OC)c1. The maximum atomic E-state index is 12.2. The summed E-state index contributed by atoms with van der Waals surface area (Å²) < 4.78 is 15.9. The van der Waals surface area contributed by atoms with Crippen molar-refractivity contribution >= 4 is 17.3 Å². The van der Waals surface area contributed by atoms with Gasteiger partial charge >= 0.3 is 0 Å². The van der Waals surface area contributed by atoms with E-state index in [0.29, 0.717) is 29.5 Å². The molecule has 0 saturated carbocycles. The Morgan fingerprint density at radius 2 is 1.96 bits per heavy atom. The van der Waals surface area contributed by atoms with E-state index in [2.05, 4.69) is 17.2 Å². The first-order valence-electron chi connectivity index (χ1n) is 7.75. The van der Waals surface area contributed by atoms with Crippen molar-refractivity contribution in [3.05, 3.63) is 55.1 Å². The third-order valence-electron chi connectivity index (χ3n) is 3.34. The number of carbonyl (C=O) groups is 1. The van der Waals surface area contributed by atoms with Crippen LogP contribution in [0.3, 0.4) is 0 Å². The Hall–Kier alpha value is -3.15. The summed E-state index contributed by atoms with van der Waals surface area (Å²) in [4.78, 5) is 12.2. The van der Waals surface area contributed by atoms with Crippen LogP contribution in [0.1, 0.15) is 0 Å². The molecule has 0 unspecified atom stereocenters. The second-order valence-corrected chi connectivity index (χ2v) is 5.10. The quantitative estimate of drug-likeness (QED) is 0.684. The number of nitrogens with one attached hydrogen (secondary N) is 2. The summed E-state index contributed by atoms with van der Waals surface area (Å²) in [6.07, 6.45) is 1.68. The van der Waals surface area contributed by atoms with Crippen LogP contribution < -0.4 is 24.8 Å². The van der Waals surface area contributed by atoms with Crippen LogP contribution in [0.2, 0.25) is 0 Å². The molecule has 2 rings (SSSR count). The van der Waals surface area contributed by atoms with E-state index in [1.54, 1.807) is 38.5 Å². The van der Waals surface area contributed by atoms with Gasteiger partial charge in [-0.15, -0.1) is 0 Å². The third-order valence-corrected chi connectivity index (χ3v) is 3.34. The van der Waals surface area contributed by atoms with E-state index in [-0.39, 0.29) is 12.5 Å². The molecule has 0 heterocycles. The Labute approximate surface area is 147 Å². The lowest BCUT2D eigenvalue weighted by molar-refractivity contribution is -0.114. The molecule has 0 bridgehead atoms. The number of benzene rings is 2. The summed E-state index contributed by atoms with van der Waals surface area (Å²) in [7, 11) is 3.11. The van der Waals surface area contributed by atoms with Crippen molar-refractivity contribution in [1.82, 2.24) is 0 Å². The molecule has 2 aromatic rings. The van der Waals surface area contributed by atoms with Crippen LogP contribution in [-0.2, 0) is 4.79 Å². The molecule has 6 nitrogen and oxygen atoms in total. The number of hydrogen-bond donors (Lipinski definition) is 2. The van der Waals surface area contributed by atoms with Gasteiger partial charge in [0.1, 0.15) is 23.9 Å². The molecule has 0 aliphatic rings. The molecule has 25 heavy (non-hydrogen) atoms. The lowest BCUT2D eigenvalue weighted by atomic mass is 10.2. The van der Waals surface area contributed by atoms with Gasteiger partial charge in [-0.2, -0.15) is 0 Å². The maximum Gasteiger partial charge on any atom is 0.243 e. The van der Waals surface area contributed by atoms with Gasteiger partial charge in [0, 0.05) is 17.8 Å². The maximum absolute atomic E-state index is 12.2. The predicted octanol–water partition coefficient (Wildman–Crippen LogP) is 3.32. The highest BCUT2D eigenvalue weighted by atomic mass is 16.5. The van der Waals surface area contributed by atoms with E-state index < -0.39 is 0 Å². The molecule has 2 N–H and O–H groups in total. The molecule has 0 aliphatic carbocycles. The average Bonchev–Trinajstić information content (AvgIpc) is 2.65. The average molecular weight is 342 g/mol. The summed E-state index contributed by atoms with van der Waals surface area (Å²) in [6, 6.07) is 12.6.